The SMILES string of the molecule is CCC(=O)O.CCO.c1ccccc1. The van der Waals surface area contributed by atoms with E-state index >= 15 is 0 Å². The standard InChI is InChI=1S/C6H6.C3H6O2.C2H6O/c1-2-4-6-5-3-1;1-2-3(4)5;1-2-3/h1-6H;2H2,1H3,(H,4,5);3H,2H2,1H3. The zero-order chi connectivity index (χ0) is 11.2. The summed E-state index contributed by atoms with van der Waals surface area (Å²) in [6, 6.07) is 12.0. The number of hydrogen-bond acceptors (Lipinski definition) is 2. The minimum atomic E-state index is -0.745. The highest BCUT2D eigenvalue weighted by molar-refractivity contribution is 5.66. The third-order valence-electron chi connectivity index (χ3n) is 0.969. The second-order valence-electron chi connectivity index (χ2n) is 2.22. The molecule has 0 aromatic heterocycles. The number of carbonyl (C=O) groups is 1. The van der Waals surface area contributed by atoms with Gasteiger partial charge in [0.25, 0.3) is 0 Å². The number of aliphatic hydroxyl groups is 1. The van der Waals surface area contributed by atoms with Gasteiger partial charge in [0, 0.05) is 13.0 Å². The molecular formula is C11H18O3. The molecule has 0 fully saturated rings. The lowest BCUT2D eigenvalue weighted by atomic mass is 10.4. The van der Waals surface area contributed by atoms with Gasteiger partial charge in [-0.05, 0) is 6.92 Å². The van der Waals surface area contributed by atoms with Crippen LogP contribution in [0.1, 0.15) is 20.3 Å². The molecular weight excluding hydrogens is 180 g/mol. The molecule has 14 heavy (non-hydrogen) atoms. The number of aliphatic carboxylic acids is 1. The maximum atomic E-state index is 9.37. The van der Waals surface area contributed by atoms with Crippen molar-refractivity contribution in [1.29, 1.82) is 0 Å². The highest BCUT2D eigenvalue weighted by Gasteiger charge is 1.80. The fourth-order valence-corrected chi connectivity index (χ4v) is 0.385. The molecule has 3 nitrogen and oxygen atoms in total. The summed E-state index contributed by atoms with van der Waals surface area (Å²) < 4.78 is 0. The minimum Gasteiger partial charge on any atom is -0.481 e. The molecule has 0 heterocycles. The van der Waals surface area contributed by atoms with Crippen LogP contribution in [0.25, 0.3) is 0 Å². The minimum absolute atomic E-state index is 0.222. The predicted molar refractivity (Wildman–Crippen MR) is 57.1 cm³/mol. The molecule has 0 radical (unpaired) electrons. The second kappa shape index (κ2) is 14.2. The van der Waals surface area contributed by atoms with Crippen molar-refractivity contribution < 1.29 is 15.0 Å². The Hall–Kier alpha value is -1.35. The van der Waals surface area contributed by atoms with E-state index in [0.717, 1.165) is 0 Å². The van der Waals surface area contributed by atoms with Gasteiger partial charge in [0.15, 0.2) is 0 Å². The Balaban J connectivity index is 0. The van der Waals surface area contributed by atoms with Crippen LogP contribution in [0.15, 0.2) is 36.4 Å². The zero-order valence-electron chi connectivity index (χ0n) is 8.68. The van der Waals surface area contributed by atoms with Gasteiger partial charge in [0.2, 0.25) is 0 Å². The fraction of sp³-hybridized carbons (Fsp3) is 0.364. The van der Waals surface area contributed by atoms with E-state index in [1.807, 2.05) is 36.4 Å². The van der Waals surface area contributed by atoms with E-state index in [9.17, 15) is 4.79 Å². The van der Waals surface area contributed by atoms with Crippen LogP contribution in [0.5, 0.6) is 0 Å². The molecule has 1 rings (SSSR count). The molecule has 0 aliphatic rings. The molecule has 0 bridgehead atoms. The first kappa shape index (κ1) is 15.1. The van der Waals surface area contributed by atoms with Crippen LogP contribution >= 0.6 is 0 Å². The third kappa shape index (κ3) is 22.4. The maximum absolute atomic E-state index is 9.37. The Morgan fingerprint density at radius 2 is 1.14 bits per heavy atom. The van der Waals surface area contributed by atoms with Crippen molar-refractivity contribution in [2.45, 2.75) is 20.3 Å². The highest BCUT2D eigenvalue weighted by atomic mass is 16.4. The lowest BCUT2D eigenvalue weighted by molar-refractivity contribution is -0.136. The largest absolute Gasteiger partial charge is 0.481 e. The van der Waals surface area contributed by atoms with Gasteiger partial charge in [-0.1, -0.05) is 43.3 Å². The summed E-state index contributed by atoms with van der Waals surface area (Å²) in [6.07, 6.45) is 0.222. The molecule has 1 aromatic rings. The number of hydrogen-bond donors (Lipinski definition) is 2. The van der Waals surface area contributed by atoms with Crippen LogP contribution in [0, 0.1) is 0 Å². The summed E-state index contributed by atoms with van der Waals surface area (Å²) >= 11 is 0. The molecule has 0 amide bonds. The molecule has 0 atom stereocenters. The predicted octanol–water partition coefficient (Wildman–Crippen LogP) is 2.17. The van der Waals surface area contributed by atoms with E-state index in [1.165, 1.54) is 0 Å². The van der Waals surface area contributed by atoms with Gasteiger partial charge in [-0.15, -0.1) is 0 Å². The highest BCUT2D eigenvalue weighted by Crippen LogP contribution is 1.79. The van der Waals surface area contributed by atoms with Crippen molar-refractivity contribution in [1.82, 2.24) is 0 Å². The lowest BCUT2D eigenvalue weighted by Crippen LogP contribution is -1.86. The Labute approximate surface area is 85.0 Å². The van der Waals surface area contributed by atoms with E-state index < -0.39 is 5.97 Å². The van der Waals surface area contributed by atoms with Gasteiger partial charge in [-0.3, -0.25) is 4.79 Å². The molecule has 80 valence electrons. The Kier molecular flexibility index (Phi) is 15.3. The number of carboxylic acid groups (broad SMARTS) is 1. The maximum Gasteiger partial charge on any atom is 0.303 e. The topological polar surface area (TPSA) is 57.5 Å². The Morgan fingerprint density at radius 1 is 1.00 bits per heavy atom. The lowest BCUT2D eigenvalue weighted by Gasteiger charge is -1.71. The quantitative estimate of drug-likeness (QED) is 0.727. The summed E-state index contributed by atoms with van der Waals surface area (Å²) in [7, 11) is 0. The van der Waals surface area contributed by atoms with Crippen molar-refractivity contribution in [3.05, 3.63) is 36.4 Å². The van der Waals surface area contributed by atoms with Crippen molar-refractivity contribution in [3.8, 4) is 0 Å². The molecule has 1 aromatic carbocycles. The van der Waals surface area contributed by atoms with Gasteiger partial charge in [-0.25, -0.2) is 0 Å². The van der Waals surface area contributed by atoms with Crippen LogP contribution in [0.2, 0.25) is 0 Å². The molecule has 0 unspecified atom stereocenters. The number of aliphatic hydroxyl groups excluding tert-OH is 1. The van der Waals surface area contributed by atoms with E-state index in [2.05, 4.69) is 0 Å². The first-order valence-electron chi connectivity index (χ1n) is 4.51. The van der Waals surface area contributed by atoms with E-state index in [-0.39, 0.29) is 13.0 Å². The van der Waals surface area contributed by atoms with Gasteiger partial charge >= 0.3 is 5.97 Å². The summed E-state index contributed by atoms with van der Waals surface area (Å²) in [5.74, 6) is -0.745. The van der Waals surface area contributed by atoms with Crippen LogP contribution < -0.4 is 0 Å². The second-order valence-corrected chi connectivity index (χ2v) is 2.22. The van der Waals surface area contributed by atoms with Gasteiger partial charge in [0.05, 0.1) is 0 Å². The Bertz CT molecular complexity index is 170. The molecule has 0 saturated carbocycles. The smallest absolute Gasteiger partial charge is 0.303 e. The first-order chi connectivity index (χ1) is 6.68. The van der Waals surface area contributed by atoms with Crippen molar-refractivity contribution in [2.24, 2.45) is 0 Å². The van der Waals surface area contributed by atoms with Crippen molar-refractivity contribution in [3.63, 3.8) is 0 Å². The Morgan fingerprint density at radius 3 is 1.21 bits per heavy atom. The van der Waals surface area contributed by atoms with Crippen LogP contribution in [-0.4, -0.2) is 22.8 Å². The summed E-state index contributed by atoms with van der Waals surface area (Å²) in [6.45, 7) is 3.53. The normalized spacial score (nSPS) is 7.36. The zero-order valence-corrected chi connectivity index (χ0v) is 8.68. The van der Waals surface area contributed by atoms with E-state index in [0.29, 0.717) is 0 Å². The summed E-state index contributed by atoms with van der Waals surface area (Å²) in [5.41, 5.74) is 0. The van der Waals surface area contributed by atoms with Gasteiger partial charge < -0.3 is 10.2 Å². The number of carboxylic acids is 1. The molecule has 0 aliphatic heterocycles. The summed E-state index contributed by atoms with van der Waals surface area (Å²) in [5, 5.41) is 15.3. The van der Waals surface area contributed by atoms with Crippen molar-refractivity contribution >= 4 is 5.97 Å². The number of rotatable bonds is 1. The molecule has 0 aliphatic carbocycles. The van der Waals surface area contributed by atoms with Crippen LogP contribution in [0.3, 0.4) is 0 Å². The molecule has 3 heteroatoms. The number of benzene rings is 1. The average molecular weight is 198 g/mol. The first-order valence-corrected chi connectivity index (χ1v) is 4.51. The van der Waals surface area contributed by atoms with Gasteiger partial charge in [0.1, 0.15) is 0 Å². The van der Waals surface area contributed by atoms with E-state index in [1.54, 1.807) is 13.8 Å². The van der Waals surface area contributed by atoms with Crippen molar-refractivity contribution in [2.75, 3.05) is 6.61 Å². The molecule has 0 spiro atoms. The van der Waals surface area contributed by atoms with Crippen LogP contribution in [0.4, 0.5) is 0 Å². The summed E-state index contributed by atoms with van der Waals surface area (Å²) in [4.78, 5) is 9.37. The fourth-order valence-electron chi connectivity index (χ4n) is 0.385. The molecule has 2 N–H and O–H groups in total. The molecule has 0 saturated heterocycles. The monoisotopic (exact) mass is 198 g/mol. The third-order valence-corrected chi connectivity index (χ3v) is 0.969. The van der Waals surface area contributed by atoms with E-state index in [4.69, 9.17) is 10.2 Å². The average Bonchev–Trinajstić information content (AvgIpc) is 2.22. The van der Waals surface area contributed by atoms with Gasteiger partial charge in [-0.2, -0.15) is 0 Å². The van der Waals surface area contributed by atoms with Crippen LogP contribution in [-0.2, 0) is 4.79 Å².